The molecule has 132 valence electrons. The average Bonchev–Trinajstić information content (AvgIpc) is 3.28. The Morgan fingerprint density at radius 2 is 2.04 bits per heavy atom. The summed E-state index contributed by atoms with van der Waals surface area (Å²) in [6.45, 7) is 2.70. The second-order valence-electron chi connectivity index (χ2n) is 6.79. The Labute approximate surface area is 146 Å². The van der Waals surface area contributed by atoms with E-state index in [0.29, 0.717) is 38.0 Å². The minimum atomic E-state index is -0.0591. The maximum Gasteiger partial charge on any atom is 0.317 e. The van der Waals surface area contributed by atoms with Crippen molar-refractivity contribution in [1.29, 1.82) is 0 Å². The van der Waals surface area contributed by atoms with Crippen LogP contribution in [-0.2, 0) is 4.74 Å². The van der Waals surface area contributed by atoms with Gasteiger partial charge in [-0.25, -0.2) is 4.79 Å². The summed E-state index contributed by atoms with van der Waals surface area (Å²) in [5.41, 5.74) is 0.880. The van der Waals surface area contributed by atoms with E-state index in [2.05, 4.69) is 15.5 Å². The van der Waals surface area contributed by atoms with Crippen molar-refractivity contribution < 1.29 is 14.1 Å². The van der Waals surface area contributed by atoms with Gasteiger partial charge in [-0.15, -0.1) is 0 Å². The van der Waals surface area contributed by atoms with Crippen LogP contribution in [0.15, 0.2) is 34.9 Å². The van der Waals surface area contributed by atoms with Gasteiger partial charge in [0.1, 0.15) is 0 Å². The van der Waals surface area contributed by atoms with Gasteiger partial charge in [-0.2, -0.15) is 4.98 Å². The van der Waals surface area contributed by atoms with Gasteiger partial charge in [-0.3, -0.25) is 0 Å². The molecule has 4 rings (SSSR count). The Bertz CT molecular complexity index is 740. The number of likely N-dealkylation sites (tertiary alicyclic amines) is 1. The van der Waals surface area contributed by atoms with Gasteiger partial charge in [-0.05, 0) is 12.8 Å². The lowest BCUT2D eigenvalue weighted by Gasteiger charge is -2.36. The van der Waals surface area contributed by atoms with E-state index in [-0.39, 0.29) is 17.4 Å². The van der Waals surface area contributed by atoms with Gasteiger partial charge < -0.3 is 19.5 Å². The fraction of sp³-hybridized carbons (Fsp3) is 0.500. The van der Waals surface area contributed by atoms with Crippen molar-refractivity contribution in [1.82, 2.24) is 20.4 Å². The second kappa shape index (κ2) is 6.48. The molecule has 2 fully saturated rings. The van der Waals surface area contributed by atoms with Crippen LogP contribution in [0.5, 0.6) is 0 Å². The predicted octanol–water partition coefficient (Wildman–Crippen LogP) is 2.27. The molecule has 25 heavy (non-hydrogen) atoms. The predicted molar refractivity (Wildman–Crippen MR) is 91.0 cm³/mol. The lowest BCUT2D eigenvalue weighted by atomic mass is 9.72. The van der Waals surface area contributed by atoms with Crippen LogP contribution in [0.2, 0.25) is 0 Å². The molecule has 1 aromatic carbocycles. The smallest absolute Gasteiger partial charge is 0.317 e. The number of rotatable bonds is 2. The van der Waals surface area contributed by atoms with Crippen LogP contribution < -0.4 is 5.32 Å². The lowest BCUT2D eigenvalue weighted by Crippen LogP contribution is -2.40. The first-order chi connectivity index (χ1) is 12.2. The van der Waals surface area contributed by atoms with Crippen LogP contribution in [0.1, 0.15) is 24.7 Å². The summed E-state index contributed by atoms with van der Waals surface area (Å²) in [5, 5.41) is 6.88. The number of hydrogen-bond donors (Lipinski definition) is 1. The van der Waals surface area contributed by atoms with Crippen LogP contribution in [0.4, 0.5) is 4.79 Å². The zero-order valence-corrected chi connectivity index (χ0v) is 14.3. The summed E-state index contributed by atoms with van der Waals surface area (Å²) in [6, 6.07) is 9.73. The molecule has 0 radical (unpaired) electrons. The molecule has 1 N–H and O–H groups in total. The Hall–Kier alpha value is -2.41. The number of aromatic nitrogens is 2. The molecule has 2 aromatic rings. The lowest BCUT2D eigenvalue weighted by molar-refractivity contribution is 0.00945. The summed E-state index contributed by atoms with van der Waals surface area (Å²) in [4.78, 5) is 18.7. The SMILES string of the molecule is CNC(=O)N1C[C@@H](c2nc(-c3ccccc3)no2)C2(CCOCC2)C1. The molecule has 1 spiro atoms. The van der Waals surface area contributed by atoms with Crippen molar-refractivity contribution in [2.75, 3.05) is 33.4 Å². The number of hydrogen-bond acceptors (Lipinski definition) is 5. The van der Waals surface area contributed by atoms with Crippen molar-refractivity contribution >= 4 is 6.03 Å². The standard InChI is InChI=1S/C18H22N4O3/c1-19-17(23)22-11-14(18(12-22)7-9-24-10-8-18)16-20-15(21-25-16)13-5-3-2-4-6-13/h2-6,14H,7-12H2,1H3,(H,19,23)/t14-/m0/s1. The molecular weight excluding hydrogens is 320 g/mol. The second-order valence-corrected chi connectivity index (χ2v) is 6.79. The van der Waals surface area contributed by atoms with E-state index < -0.39 is 0 Å². The maximum atomic E-state index is 12.2. The van der Waals surface area contributed by atoms with Crippen molar-refractivity contribution in [2.24, 2.45) is 5.41 Å². The van der Waals surface area contributed by atoms with E-state index in [1.54, 1.807) is 7.05 Å². The molecule has 0 aliphatic carbocycles. The van der Waals surface area contributed by atoms with Crippen LogP contribution in [0.25, 0.3) is 11.4 Å². The maximum absolute atomic E-state index is 12.2. The van der Waals surface area contributed by atoms with Gasteiger partial charge in [0.2, 0.25) is 11.7 Å². The van der Waals surface area contributed by atoms with Gasteiger partial charge in [0, 0.05) is 44.3 Å². The molecule has 2 aliphatic heterocycles. The first-order valence-corrected chi connectivity index (χ1v) is 8.65. The van der Waals surface area contributed by atoms with Crippen molar-refractivity contribution in [3.8, 4) is 11.4 Å². The highest BCUT2D eigenvalue weighted by atomic mass is 16.5. The fourth-order valence-electron chi connectivity index (χ4n) is 3.99. The monoisotopic (exact) mass is 342 g/mol. The first-order valence-electron chi connectivity index (χ1n) is 8.65. The average molecular weight is 342 g/mol. The van der Waals surface area contributed by atoms with Crippen LogP contribution in [0, 0.1) is 5.41 Å². The number of carbonyl (C=O) groups is 1. The summed E-state index contributed by atoms with van der Waals surface area (Å²) in [7, 11) is 1.66. The van der Waals surface area contributed by atoms with Gasteiger partial charge in [-0.1, -0.05) is 35.5 Å². The number of nitrogens with zero attached hydrogens (tertiary/aromatic N) is 3. The third-order valence-corrected chi connectivity index (χ3v) is 5.41. The quantitative estimate of drug-likeness (QED) is 0.905. The van der Waals surface area contributed by atoms with E-state index >= 15 is 0 Å². The van der Waals surface area contributed by atoms with Gasteiger partial charge in [0.05, 0.1) is 5.92 Å². The van der Waals surface area contributed by atoms with E-state index in [1.807, 2.05) is 35.2 Å². The number of urea groups is 1. The highest BCUT2D eigenvalue weighted by Gasteiger charge is 2.51. The van der Waals surface area contributed by atoms with Crippen LogP contribution >= 0.6 is 0 Å². The summed E-state index contributed by atoms with van der Waals surface area (Å²) in [5.74, 6) is 1.25. The van der Waals surface area contributed by atoms with Gasteiger partial charge in [0.15, 0.2) is 0 Å². The van der Waals surface area contributed by atoms with E-state index in [9.17, 15) is 4.79 Å². The summed E-state index contributed by atoms with van der Waals surface area (Å²) >= 11 is 0. The molecule has 7 nitrogen and oxygen atoms in total. The Morgan fingerprint density at radius 1 is 1.28 bits per heavy atom. The number of benzene rings is 1. The molecule has 2 amide bonds. The van der Waals surface area contributed by atoms with Gasteiger partial charge >= 0.3 is 6.03 Å². The first kappa shape index (κ1) is 16.1. The van der Waals surface area contributed by atoms with Crippen LogP contribution in [0.3, 0.4) is 0 Å². The van der Waals surface area contributed by atoms with Crippen molar-refractivity contribution in [3.63, 3.8) is 0 Å². The molecule has 2 aliphatic rings. The molecule has 3 heterocycles. The Kier molecular flexibility index (Phi) is 4.17. The third-order valence-electron chi connectivity index (χ3n) is 5.41. The minimum absolute atomic E-state index is 0.0404. The minimum Gasteiger partial charge on any atom is -0.381 e. The number of ether oxygens (including phenoxy) is 1. The summed E-state index contributed by atoms with van der Waals surface area (Å²) < 4.78 is 11.2. The van der Waals surface area contributed by atoms with E-state index in [0.717, 1.165) is 18.4 Å². The van der Waals surface area contributed by atoms with E-state index in [4.69, 9.17) is 9.26 Å². The van der Waals surface area contributed by atoms with Crippen LogP contribution in [-0.4, -0.2) is 54.4 Å². The zero-order chi connectivity index (χ0) is 17.3. The molecule has 0 unspecified atom stereocenters. The highest BCUT2D eigenvalue weighted by molar-refractivity contribution is 5.74. The molecular formula is C18H22N4O3. The number of amides is 2. The number of nitrogens with one attached hydrogen (secondary N) is 1. The fourth-order valence-corrected chi connectivity index (χ4v) is 3.99. The molecule has 1 atom stereocenters. The van der Waals surface area contributed by atoms with E-state index in [1.165, 1.54) is 0 Å². The molecule has 1 aromatic heterocycles. The number of carbonyl (C=O) groups excluding carboxylic acids is 1. The highest BCUT2D eigenvalue weighted by Crippen LogP contribution is 2.49. The Balaban J connectivity index is 1.65. The van der Waals surface area contributed by atoms with Gasteiger partial charge in [0.25, 0.3) is 0 Å². The third kappa shape index (κ3) is 2.89. The van der Waals surface area contributed by atoms with Crippen molar-refractivity contribution in [3.05, 3.63) is 36.2 Å². The van der Waals surface area contributed by atoms with Crippen molar-refractivity contribution in [2.45, 2.75) is 18.8 Å². The Morgan fingerprint density at radius 3 is 2.76 bits per heavy atom. The molecule has 0 bridgehead atoms. The summed E-state index contributed by atoms with van der Waals surface area (Å²) in [6.07, 6.45) is 1.79. The largest absolute Gasteiger partial charge is 0.381 e. The molecule has 2 saturated heterocycles. The topological polar surface area (TPSA) is 80.5 Å². The normalized spacial score (nSPS) is 22.3. The zero-order valence-electron chi connectivity index (χ0n) is 14.3. The molecule has 7 heteroatoms. The molecule has 0 saturated carbocycles.